The summed E-state index contributed by atoms with van der Waals surface area (Å²) in [5.74, 6) is 1.74. The van der Waals surface area contributed by atoms with E-state index in [-0.39, 0.29) is 11.5 Å². The zero-order chi connectivity index (χ0) is 23.3. The molecule has 34 heavy (non-hydrogen) atoms. The normalized spacial score (nSPS) is 21.5. The largest absolute Gasteiger partial charge is 0.381 e. The number of piperidine rings is 1. The van der Waals surface area contributed by atoms with Crippen LogP contribution in [-0.2, 0) is 6.42 Å². The topological polar surface area (TPSA) is 94.0 Å². The summed E-state index contributed by atoms with van der Waals surface area (Å²) in [6.45, 7) is 1.81. The van der Waals surface area contributed by atoms with Crippen LogP contribution < -0.4 is 16.4 Å². The van der Waals surface area contributed by atoms with E-state index in [0.29, 0.717) is 16.8 Å². The molecule has 0 radical (unpaired) electrons. The number of fused-ring (bicyclic) bond motifs is 1. The molecule has 1 spiro atoms. The molecule has 1 atom stereocenters. The van der Waals surface area contributed by atoms with Gasteiger partial charge in [0.1, 0.15) is 10.8 Å². The van der Waals surface area contributed by atoms with Crippen LogP contribution in [0.2, 0.25) is 5.02 Å². The summed E-state index contributed by atoms with van der Waals surface area (Å²) in [5.41, 5.74) is 16.9. The number of benzene rings is 1. The van der Waals surface area contributed by atoms with Gasteiger partial charge >= 0.3 is 0 Å². The molecule has 0 bridgehead atoms. The number of nitrogen functional groups attached to an aromatic ring is 1. The lowest BCUT2D eigenvalue weighted by Gasteiger charge is -2.42. The van der Waals surface area contributed by atoms with E-state index in [0.717, 1.165) is 66.6 Å². The summed E-state index contributed by atoms with van der Waals surface area (Å²) in [4.78, 5) is 17.1. The lowest BCUT2D eigenvalue weighted by atomic mass is 9.73. The summed E-state index contributed by atoms with van der Waals surface area (Å²) >= 11 is 8.15. The number of halogens is 1. The molecule has 2 aromatic heterocycles. The molecule has 176 valence electrons. The first-order valence-corrected chi connectivity index (χ1v) is 13.3. The number of aromatic nitrogens is 3. The van der Waals surface area contributed by atoms with Gasteiger partial charge in [-0.1, -0.05) is 54.0 Å². The van der Waals surface area contributed by atoms with Crippen LogP contribution in [0.5, 0.6) is 0 Å². The van der Waals surface area contributed by atoms with Crippen LogP contribution in [0.15, 0.2) is 52.6 Å². The van der Waals surface area contributed by atoms with E-state index in [1.165, 1.54) is 29.3 Å². The fraction of sp³-hybridized carbons (Fsp3) is 0.423. The molecule has 1 saturated carbocycles. The van der Waals surface area contributed by atoms with Crippen LogP contribution >= 0.6 is 23.4 Å². The first-order valence-electron chi connectivity index (χ1n) is 12.1. The Morgan fingerprint density at radius 2 is 1.88 bits per heavy atom. The Kier molecular flexibility index (Phi) is 5.66. The molecule has 0 unspecified atom stereocenters. The molecule has 2 aliphatic carbocycles. The van der Waals surface area contributed by atoms with Crippen LogP contribution in [-0.4, -0.2) is 28.0 Å². The Balaban J connectivity index is 1.15. The summed E-state index contributed by atoms with van der Waals surface area (Å²) in [6, 6.07) is 10.7. The molecule has 1 saturated heterocycles. The molecule has 3 aromatic rings. The van der Waals surface area contributed by atoms with Crippen molar-refractivity contribution in [1.29, 1.82) is 0 Å². The maximum absolute atomic E-state index is 6.73. The number of anilines is 2. The Morgan fingerprint density at radius 3 is 2.59 bits per heavy atom. The van der Waals surface area contributed by atoms with Crippen LogP contribution in [0.1, 0.15) is 60.9 Å². The van der Waals surface area contributed by atoms with Gasteiger partial charge < -0.3 is 16.4 Å². The van der Waals surface area contributed by atoms with Crippen molar-refractivity contribution < 1.29 is 0 Å². The predicted molar refractivity (Wildman–Crippen MR) is 137 cm³/mol. The zero-order valence-electron chi connectivity index (χ0n) is 19.1. The van der Waals surface area contributed by atoms with Gasteiger partial charge in [-0.3, -0.25) is 4.98 Å². The van der Waals surface area contributed by atoms with E-state index in [1.807, 2.05) is 18.5 Å². The fourth-order valence-electron chi connectivity index (χ4n) is 5.69. The van der Waals surface area contributed by atoms with Crippen molar-refractivity contribution in [1.82, 2.24) is 15.0 Å². The van der Waals surface area contributed by atoms with Gasteiger partial charge in [-0.15, -0.1) is 0 Å². The first-order chi connectivity index (χ1) is 16.5. The first kappa shape index (κ1) is 22.1. The Morgan fingerprint density at radius 1 is 1.09 bits per heavy atom. The predicted octanol–water partition coefficient (Wildman–Crippen LogP) is 5.37. The number of nitrogens with two attached hydrogens (primary N) is 2. The molecule has 6 nitrogen and oxygen atoms in total. The molecular weight excluding hydrogens is 464 g/mol. The molecule has 2 fully saturated rings. The third-order valence-electron chi connectivity index (χ3n) is 8.01. The monoisotopic (exact) mass is 492 g/mol. The van der Waals surface area contributed by atoms with Crippen molar-refractivity contribution in [3.63, 3.8) is 0 Å². The second-order valence-corrected chi connectivity index (χ2v) is 11.3. The van der Waals surface area contributed by atoms with Crippen LogP contribution in [0, 0.1) is 5.41 Å². The van der Waals surface area contributed by atoms with Crippen molar-refractivity contribution in [2.24, 2.45) is 11.1 Å². The van der Waals surface area contributed by atoms with Gasteiger partial charge in [-0.05, 0) is 54.7 Å². The maximum atomic E-state index is 6.73. The fourth-order valence-corrected chi connectivity index (χ4v) is 6.86. The molecule has 3 heterocycles. The quantitative estimate of drug-likeness (QED) is 0.505. The van der Waals surface area contributed by atoms with Crippen molar-refractivity contribution in [2.45, 2.75) is 60.4 Å². The van der Waals surface area contributed by atoms with Gasteiger partial charge in [0, 0.05) is 36.1 Å². The SMILES string of the molecule is Nc1nc(N2CCC3(CC2)Cc2ccccc2[C@H]3N)cnc1Sc1ccnc(C2CCC2)c1Cl. The number of hydrogen-bond donors (Lipinski definition) is 2. The second kappa shape index (κ2) is 8.70. The molecule has 1 aliphatic heterocycles. The number of rotatable bonds is 4. The van der Waals surface area contributed by atoms with Gasteiger partial charge in [0.2, 0.25) is 0 Å². The van der Waals surface area contributed by atoms with Crippen LogP contribution in [0.4, 0.5) is 11.6 Å². The highest BCUT2D eigenvalue weighted by Gasteiger charge is 2.45. The molecular formula is C26H29ClN6S. The van der Waals surface area contributed by atoms with Crippen LogP contribution in [0.25, 0.3) is 0 Å². The minimum atomic E-state index is 0.107. The highest BCUT2D eigenvalue weighted by Crippen LogP contribution is 2.51. The minimum Gasteiger partial charge on any atom is -0.381 e. The lowest BCUT2D eigenvalue weighted by molar-refractivity contribution is 0.187. The van der Waals surface area contributed by atoms with Crippen molar-refractivity contribution >= 4 is 35.0 Å². The third-order valence-corrected chi connectivity index (χ3v) is 9.58. The van der Waals surface area contributed by atoms with E-state index in [1.54, 1.807) is 0 Å². The summed E-state index contributed by atoms with van der Waals surface area (Å²) in [5, 5.41) is 1.40. The van der Waals surface area contributed by atoms with E-state index in [9.17, 15) is 0 Å². The average molecular weight is 493 g/mol. The summed E-state index contributed by atoms with van der Waals surface area (Å²) < 4.78 is 0. The van der Waals surface area contributed by atoms with Gasteiger partial charge in [0.15, 0.2) is 5.82 Å². The highest BCUT2D eigenvalue weighted by molar-refractivity contribution is 7.99. The van der Waals surface area contributed by atoms with E-state index in [4.69, 9.17) is 28.1 Å². The summed E-state index contributed by atoms with van der Waals surface area (Å²) in [6.07, 6.45) is 10.4. The lowest BCUT2D eigenvalue weighted by Crippen LogP contribution is -2.44. The molecule has 3 aliphatic rings. The van der Waals surface area contributed by atoms with Gasteiger partial charge in [-0.2, -0.15) is 0 Å². The van der Waals surface area contributed by atoms with Crippen LogP contribution in [0.3, 0.4) is 0 Å². The highest BCUT2D eigenvalue weighted by atomic mass is 35.5. The smallest absolute Gasteiger partial charge is 0.158 e. The van der Waals surface area contributed by atoms with Crippen molar-refractivity contribution in [3.05, 3.63) is 64.6 Å². The molecule has 8 heteroatoms. The van der Waals surface area contributed by atoms with E-state index >= 15 is 0 Å². The summed E-state index contributed by atoms with van der Waals surface area (Å²) in [7, 11) is 0. The molecule has 1 aromatic carbocycles. The minimum absolute atomic E-state index is 0.107. The number of nitrogens with zero attached hydrogens (tertiary/aromatic N) is 4. The standard InChI is InChI=1S/C26H29ClN6S/c27-21-19(8-11-30-22(21)16-5-3-6-16)34-25-24(29)32-20(15-31-25)33-12-9-26(10-13-33)14-17-4-1-2-7-18(17)23(26)28/h1-2,4,7-8,11,15-16,23H,3,5-6,9-10,12-14,28H2,(H2,29,32)/t23-/m1/s1. The van der Waals surface area contributed by atoms with Gasteiger partial charge in [-0.25, -0.2) is 9.97 Å². The number of pyridine rings is 1. The third kappa shape index (κ3) is 3.74. The Hall–Kier alpha value is -2.35. The number of hydrogen-bond acceptors (Lipinski definition) is 7. The Labute approximate surface area is 209 Å². The van der Waals surface area contributed by atoms with Gasteiger partial charge in [0.25, 0.3) is 0 Å². The maximum Gasteiger partial charge on any atom is 0.158 e. The second-order valence-electron chi connectivity index (χ2n) is 9.86. The molecule has 6 rings (SSSR count). The zero-order valence-corrected chi connectivity index (χ0v) is 20.7. The molecule has 4 N–H and O–H groups in total. The average Bonchev–Trinajstić information content (AvgIpc) is 3.08. The van der Waals surface area contributed by atoms with E-state index < -0.39 is 0 Å². The van der Waals surface area contributed by atoms with Crippen molar-refractivity contribution in [2.75, 3.05) is 23.7 Å². The van der Waals surface area contributed by atoms with Gasteiger partial charge in [0.05, 0.1) is 16.9 Å². The van der Waals surface area contributed by atoms with Crippen molar-refractivity contribution in [3.8, 4) is 0 Å². The van der Waals surface area contributed by atoms with E-state index in [2.05, 4.69) is 39.1 Å². The molecule has 0 amide bonds. The Bertz CT molecular complexity index is 1220.